The highest BCUT2D eigenvalue weighted by molar-refractivity contribution is 5.49. The van der Waals surface area contributed by atoms with Crippen molar-refractivity contribution in [2.45, 2.75) is 18.9 Å². The van der Waals surface area contributed by atoms with Crippen LogP contribution in [0.3, 0.4) is 0 Å². The zero-order valence-electron chi connectivity index (χ0n) is 14.8. The molecule has 3 heterocycles. The van der Waals surface area contributed by atoms with Gasteiger partial charge in [-0.25, -0.2) is 9.37 Å². The first-order valence-corrected chi connectivity index (χ1v) is 9.22. The lowest BCUT2D eigenvalue weighted by molar-refractivity contribution is 0.120. The van der Waals surface area contributed by atoms with Crippen LogP contribution in [-0.4, -0.2) is 55.4 Å². The number of benzene rings is 1. The van der Waals surface area contributed by atoms with Crippen LogP contribution in [0.4, 0.5) is 21.8 Å². The average molecular weight is 357 g/mol. The van der Waals surface area contributed by atoms with Crippen molar-refractivity contribution < 1.29 is 9.13 Å². The molecule has 1 N–H and O–H groups in total. The van der Waals surface area contributed by atoms with Gasteiger partial charge in [0.05, 0.1) is 6.10 Å². The van der Waals surface area contributed by atoms with Crippen LogP contribution in [0.25, 0.3) is 0 Å². The number of hydrogen-bond acceptors (Lipinski definition) is 6. The molecular weight excluding hydrogens is 333 g/mol. The summed E-state index contributed by atoms with van der Waals surface area (Å²) in [6, 6.07) is 8.57. The Balaban J connectivity index is 1.33. The Morgan fingerprint density at radius 2 is 1.85 bits per heavy atom. The van der Waals surface area contributed by atoms with Crippen LogP contribution in [-0.2, 0) is 4.74 Å². The van der Waals surface area contributed by atoms with Crippen molar-refractivity contribution in [3.05, 3.63) is 42.3 Å². The number of ether oxygens (including phenoxy) is 1. The zero-order valence-corrected chi connectivity index (χ0v) is 14.8. The summed E-state index contributed by atoms with van der Waals surface area (Å²) in [6.45, 7) is 5.05. The maximum Gasteiger partial charge on any atom is 0.227 e. The number of nitrogens with zero attached hydrogens (tertiary/aromatic N) is 4. The lowest BCUT2D eigenvalue weighted by Crippen LogP contribution is -2.47. The van der Waals surface area contributed by atoms with Crippen molar-refractivity contribution in [1.29, 1.82) is 0 Å². The molecule has 0 amide bonds. The van der Waals surface area contributed by atoms with E-state index >= 15 is 0 Å². The molecule has 26 heavy (non-hydrogen) atoms. The Kier molecular flexibility index (Phi) is 5.15. The first-order chi connectivity index (χ1) is 12.8. The maximum atomic E-state index is 13.1. The van der Waals surface area contributed by atoms with E-state index in [9.17, 15) is 4.39 Å². The SMILES string of the molecule is Fc1ccc(N2CCN(c3nccc(NCC4CCCO4)n3)CC2)cc1. The van der Waals surface area contributed by atoms with Gasteiger partial charge < -0.3 is 19.9 Å². The highest BCUT2D eigenvalue weighted by Gasteiger charge is 2.20. The minimum Gasteiger partial charge on any atom is -0.376 e. The highest BCUT2D eigenvalue weighted by Crippen LogP contribution is 2.20. The van der Waals surface area contributed by atoms with E-state index < -0.39 is 0 Å². The Morgan fingerprint density at radius 3 is 2.58 bits per heavy atom. The van der Waals surface area contributed by atoms with Gasteiger partial charge in [-0.1, -0.05) is 0 Å². The fourth-order valence-electron chi connectivity index (χ4n) is 3.44. The predicted octanol–water partition coefficient (Wildman–Crippen LogP) is 2.53. The molecule has 0 spiro atoms. The quantitative estimate of drug-likeness (QED) is 0.888. The Morgan fingerprint density at radius 1 is 1.08 bits per heavy atom. The summed E-state index contributed by atoms with van der Waals surface area (Å²) in [5, 5.41) is 3.36. The van der Waals surface area contributed by atoms with Crippen LogP contribution in [0.2, 0.25) is 0 Å². The van der Waals surface area contributed by atoms with E-state index in [0.717, 1.165) is 69.6 Å². The van der Waals surface area contributed by atoms with Crippen molar-refractivity contribution in [3.8, 4) is 0 Å². The van der Waals surface area contributed by atoms with Gasteiger partial charge in [-0.15, -0.1) is 0 Å². The zero-order chi connectivity index (χ0) is 17.8. The molecule has 7 heteroatoms. The Labute approximate surface area is 153 Å². The molecular formula is C19H24FN5O. The van der Waals surface area contributed by atoms with Gasteiger partial charge in [-0.2, -0.15) is 4.98 Å². The minimum atomic E-state index is -0.201. The summed E-state index contributed by atoms with van der Waals surface area (Å²) < 4.78 is 18.7. The maximum absolute atomic E-state index is 13.1. The fraction of sp³-hybridized carbons (Fsp3) is 0.474. The molecule has 2 fully saturated rings. The van der Waals surface area contributed by atoms with Gasteiger partial charge in [-0.3, -0.25) is 0 Å². The average Bonchev–Trinajstić information content (AvgIpc) is 3.21. The number of rotatable bonds is 5. The second-order valence-electron chi connectivity index (χ2n) is 6.71. The molecule has 4 rings (SSSR count). The van der Waals surface area contributed by atoms with Crippen molar-refractivity contribution in [2.75, 3.05) is 54.4 Å². The third kappa shape index (κ3) is 4.04. The summed E-state index contributed by atoms with van der Waals surface area (Å²) in [7, 11) is 0. The van der Waals surface area contributed by atoms with Crippen LogP contribution in [0, 0.1) is 5.82 Å². The number of nitrogens with one attached hydrogen (secondary N) is 1. The lowest BCUT2D eigenvalue weighted by Gasteiger charge is -2.36. The number of anilines is 3. The van der Waals surface area contributed by atoms with Crippen LogP contribution >= 0.6 is 0 Å². The van der Waals surface area contributed by atoms with Crippen molar-refractivity contribution in [1.82, 2.24) is 9.97 Å². The lowest BCUT2D eigenvalue weighted by atomic mass is 10.2. The van der Waals surface area contributed by atoms with Gasteiger partial charge in [0.15, 0.2) is 0 Å². The molecule has 1 unspecified atom stereocenters. The van der Waals surface area contributed by atoms with E-state index in [2.05, 4.69) is 25.1 Å². The summed E-state index contributed by atoms with van der Waals surface area (Å²) >= 11 is 0. The summed E-state index contributed by atoms with van der Waals surface area (Å²) in [5.74, 6) is 1.39. The standard InChI is InChI=1S/C19H24FN5O/c20-15-3-5-16(6-4-15)24-9-11-25(12-10-24)19-21-8-7-18(23-19)22-14-17-2-1-13-26-17/h3-8,17H,1-2,9-14H2,(H,21,22,23). The molecule has 2 aromatic rings. The van der Waals surface area contributed by atoms with Gasteiger partial charge in [0.25, 0.3) is 0 Å². The summed E-state index contributed by atoms with van der Waals surface area (Å²) in [5.41, 5.74) is 1.05. The van der Waals surface area contributed by atoms with Crippen LogP contribution in [0.15, 0.2) is 36.5 Å². The topological polar surface area (TPSA) is 53.5 Å². The Hall–Kier alpha value is -2.41. The van der Waals surface area contributed by atoms with Gasteiger partial charge in [0, 0.05) is 51.2 Å². The van der Waals surface area contributed by atoms with Gasteiger partial charge >= 0.3 is 0 Å². The van der Waals surface area contributed by atoms with E-state index in [-0.39, 0.29) is 11.9 Å². The van der Waals surface area contributed by atoms with Gasteiger partial charge in [0.2, 0.25) is 5.95 Å². The molecule has 2 aliphatic rings. The highest BCUT2D eigenvalue weighted by atomic mass is 19.1. The van der Waals surface area contributed by atoms with Crippen LogP contribution in [0.5, 0.6) is 0 Å². The number of hydrogen-bond donors (Lipinski definition) is 1. The number of piperazine rings is 1. The van der Waals surface area contributed by atoms with Crippen molar-refractivity contribution >= 4 is 17.5 Å². The fourth-order valence-corrected chi connectivity index (χ4v) is 3.44. The van der Waals surface area contributed by atoms with Crippen LogP contribution < -0.4 is 15.1 Å². The first-order valence-electron chi connectivity index (χ1n) is 9.22. The number of halogens is 1. The molecule has 138 valence electrons. The predicted molar refractivity (Wildman–Crippen MR) is 100 cm³/mol. The minimum absolute atomic E-state index is 0.201. The summed E-state index contributed by atoms with van der Waals surface area (Å²) in [4.78, 5) is 13.5. The van der Waals surface area contributed by atoms with E-state index in [1.807, 2.05) is 18.2 Å². The smallest absolute Gasteiger partial charge is 0.227 e. The molecule has 6 nitrogen and oxygen atoms in total. The monoisotopic (exact) mass is 357 g/mol. The molecule has 1 aromatic heterocycles. The van der Waals surface area contributed by atoms with Crippen molar-refractivity contribution in [3.63, 3.8) is 0 Å². The Bertz CT molecular complexity index is 712. The van der Waals surface area contributed by atoms with Gasteiger partial charge in [0.1, 0.15) is 11.6 Å². The van der Waals surface area contributed by atoms with E-state index in [4.69, 9.17) is 4.74 Å². The van der Waals surface area contributed by atoms with Crippen LogP contribution in [0.1, 0.15) is 12.8 Å². The molecule has 0 saturated carbocycles. The third-order valence-corrected chi connectivity index (χ3v) is 4.93. The van der Waals surface area contributed by atoms with E-state index in [1.54, 1.807) is 6.20 Å². The van der Waals surface area contributed by atoms with Crippen molar-refractivity contribution in [2.24, 2.45) is 0 Å². The molecule has 2 aliphatic heterocycles. The largest absolute Gasteiger partial charge is 0.376 e. The molecule has 1 atom stereocenters. The number of aromatic nitrogens is 2. The van der Waals surface area contributed by atoms with E-state index in [0.29, 0.717) is 0 Å². The molecule has 0 aliphatic carbocycles. The summed E-state index contributed by atoms with van der Waals surface area (Å²) in [6.07, 6.45) is 4.33. The second-order valence-corrected chi connectivity index (χ2v) is 6.71. The molecule has 0 bridgehead atoms. The second kappa shape index (κ2) is 7.86. The van der Waals surface area contributed by atoms with E-state index in [1.165, 1.54) is 12.1 Å². The third-order valence-electron chi connectivity index (χ3n) is 4.93. The first kappa shape index (κ1) is 17.0. The normalized spacial score (nSPS) is 20.4. The molecule has 0 radical (unpaired) electrons. The van der Waals surface area contributed by atoms with Gasteiger partial charge in [-0.05, 0) is 43.2 Å². The molecule has 1 aromatic carbocycles. The molecule has 2 saturated heterocycles.